The molecular weight excluding hydrogens is 426 g/mol. The zero-order valence-corrected chi connectivity index (χ0v) is 16.0. The molecule has 1 amide bonds. The molecule has 7 nitrogen and oxygen atoms in total. The third-order valence-electron chi connectivity index (χ3n) is 3.37. The van der Waals surface area contributed by atoms with E-state index in [1.807, 2.05) is 0 Å². The van der Waals surface area contributed by atoms with Gasteiger partial charge in [-0.2, -0.15) is 5.10 Å². The number of nitrogens with zero attached hydrogens (tertiary/aromatic N) is 2. The van der Waals surface area contributed by atoms with E-state index < -0.39 is 5.97 Å². The van der Waals surface area contributed by atoms with Gasteiger partial charge in [-0.3, -0.25) is 9.78 Å². The van der Waals surface area contributed by atoms with E-state index in [1.165, 1.54) is 30.8 Å². The predicted octanol–water partition coefficient (Wildman–Crippen LogP) is 3.82. The number of ether oxygens (including phenoxy) is 1. The summed E-state index contributed by atoms with van der Waals surface area (Å²) in [6, 6.07) is 11.7. The lowest BCUT2D eigenvalue weighted by Crippen LogP contribution is -2.17. The van der Waals surface area contributed by atoms with E-state index in [9.17, 15) is 9.59 Å². The van der Waals surface area contributed by atoms with Crippen LogP contribution in [0.1, 0.15) is 21.7 Å². The second kappa shape index (κ2) is 9.43. The molecule has 0 spiro atoms. The zero-order valence-electron chi connectivity index (χ0n) is 14.4. The summed E-state index contributed by atoms with van der Waals surface area (Å²) < 4.78 is 11.0. The Morgan fingerprint density at radius 2 is 2.00 bits per heavy atom. The molecular formula is C20H14BrN3O4. The van der Waals surface area contributed by atoms with Crippen molar-refractivity contribution in [3.05, 3.63) is 88.6 Å². The van der Waals surface area contributed by atoms with Gasteiger partial charge in [0.15, 0.2) is 0 Å². The Labute approximate surface area is 168 Å². The van der Waals surface area contributed by atoms with Crippen molar-refractivity contribution in [1.29, 1.82) is 0 Å². The summed E-state index contributed by atoms with van der Waals surface area (Å²) in [5.41, 5.74) is 3.52. The van der Waals surface area contributed by atoms with Crippen molar-refractivity contribution >= 4 is 40.1 Å². The summed E-state index contributed by atoms with van der Waals surface area (Å²) in [6.45, 7) is 0. The average molecular weight is 440 g/mol. The summed E-state index contributed by atoms with van der Waals surface area (Å²) in [6.07, 6.45) is 8.82. The standard InChI is InChI=1S/C20H14BrN3O4/c21-16-10-15(12-22-13-16)20(26)24-23-11-14-3-5-18(6-4-14)28-19(25)8-7-17-2-1-9-27-17/h1-13H,(H,24,26)/b8-7+,23-11+. The molecule has 0 saturated heterocycles. The number of hydrogen-bond acceptors (Lipinski definition) is 6. The van der Waals surface area contributed by atoms with Crippen molar-refractivity contribution in [2.24, 2.45) is 5.10 Å². The minimum atomic E-state index is -0.521. The highest BCUT2D eigenvalue weighted by atomic mass is 79.9. The van der Waals surface area contributed by atoms with Crippen molar-refractivity contribution in [2.45, 2.75) is 0 Å². The number of hydrogen-bond donors (Lipinski definition) is 1. The van der Waals surface area contributed by atoms with Gasteiger partial charge in [-0.15, -0.1) is 0 Å². The van der Waals surface area contributed by atoms with Crippen LogP contribution in [0.5, 0.6) is 5.75 Å². The molecule has 140 valence electrons. The fraction of sp³-hybridized carbons (Fsp3) is 0. The van der Waals surface area contributed by atoms with E-state index in [2.05, 4.69) is 31.4 Å². The van der Waals surface area contributed by atoms with Crippen LogP contribution in [-0.4, -0.2) is 23.1 Å². The van der Waals surface area contributed by atoms with Gasteiger partial charge in [-0.05, 0) is 70.0 Å². The molecule has 0 aliphatic rings. The van der Waals surface area contributed by atoms with Gasteiger partial charge >= 0.3 is 5.97 Å². The third-order valence-corrected chi connectivity index (χ3v) is 3.81. The van der Waals surface area contributed by atoms with E-state index in [-0.39, 0.29) is 5.91 Å². The minimum Gasteiger partial charge on any atom is -0.465 e. The first-order chi connectivity index (χ1) is 13.6. The molecule has 8 heteroatoms. The molecule has 0 aliphatic carbocycles. The molecule has 0 bridgehead atoms. The van der Waals surface area contributed by atoms with Crippen molar-refractivity contribution < 1.29 is 18.7 Å². The minimum absolute atomic E-state index is 0.376. The smallest absolute Gasteiger partial charge is 0.336 e. The van der Waals surface area contributed by atoms with Gasteiger partial charge in [0.25, 0.3) is 5.91 Å². The largest absolute Gasteiger partial charge is 0.465 e. The van der Waals surface area contributed by atoms with E-state index in [4.69, 9.17) is 9.15 Å². The molecule has 0 unspecified atom stereocenters. The highest BCUT2D eigenvalue weighted by molar-refractivity contribution is 9.10. The van der Waals surface area contributed by atoms with Crippen LogP contribution in [0.15, 0.2) is 81.2 Å². The third kappa shape index (κ3) is 5.75. The summed E-state index contributed by atoms with van der Waals surface area (Å²) in [5, 5.41) is 3.90. The highest BCUT2D eigenvalue weighted by Gasteiger charge is 2.05. The maximum Gasteiger partial charge on any atom is 0.336 e. The number of pyridine rings is 1. The van der Waals surface area contributed by atoms with E-state index in [1.54, 1.807) is 48.7 Å². The molecule has 0 fully saturated rings. The summed E-state index contributed by atoms with van der Waals surface area (Å²) in [4.78, 5) is 27.6. The number of aromatic nitrogens is 1. The average Bonchev–Trinajstić information content (AvgIpc) is 3.21. The summed E-state index contributed by atoms with van der Waals surface area (Å²) in [7, 11) is 0. The van der Waals surface area contributed by atoms with Gasteiger partial charge in [-0.25, -0.2) is 10.2 Å². The fourth-order valence-electron chi connectivity index (χ4n) is 2.07. The number of furan rings is 1. The van der Waals surface area contributed by atoms with Crippen LogP contribution in [0.2, 0.25) is 0 Å². The number of halogens is 1. The van der Waals surface area contributed by atoms with E-state index in [0.717, 1.165) is 5.56 Å². The molecule has 0 aliphatic heterocycles. The van der Waals surface area contributed by atoms with Crippen molar-refractivity contribution in [3.63, 3.8) is 0 Å². The quantitative estimate of drug-likeness (QED) is 0.207. The van der Waals surface area contributed by atoms with Crippen LogP contribution in [0.25, 0.3) is 6.08 Å². The molecule has 0 saturated carbocycles. The van der Waals surface area contributed by atoms with Crippen LogP contribution in [0.3, 0.4) is 0 Å². The Morgan fingerprint density at radius 3 is 2.71 bits per heavy atom. The molecule has 3 rings (SSSR count). The lowest BCUT2D eigenvalue weighted by Gasteiger charge is -2.02. The number of carbonyl (C=O) groups is 2. The predicted molar refractivity (Wildman–Crippen MR) is 107 cm³/mol. The number of benzene rings is 1. The second-order valence-electron chi connectivity index (χ2n) is 5.43. The lowest BCUT2D eigenvalue weighted by atomic mass is 10.2. The normalized spacial score (nSPS) is 11.0. The van der Waals surface area contributed by atoms with Gasteiger partial charge in [0.2, 0.25) is 0 Å². The van der Waals surface area contributed by atoms with E-state index >= 15 is 0 Å². The van der Waals surface area contributed by atoms with Crippen LogP contribution < -0.4 is 10.2 Å². The zero-order chi connectivity index (χ0) is 19.8. The number of nitrogens with one attached hydrogen (secondary N) is 1. The molecule has 2 aromatic heterocycles. The second-order valence-corrected chi connectivity index (χ2v) is 6.35. The molecule has 3 aromatic rings. The Kier molecular flexibility index (Phi) is 6.48. The maximum atomic E-state index is 12.0. The van der Waals surface area contributed by atoms with Crippen molar-refractivity contribution in [3.8, 4) is 5.75 Å². The molecule has 1 N–H and O–H groups in total. The van der Waals surface area contributed by atoms with Gasteiger partial charge in [-0.1, -0.05) is 0 Å². The summed E-state index contributed by atoms with van der Waals surface area (Å²) >= 11 is 3.25. The van der Waals surface area contributed by atoms with Crippen molar-refractivity contribution in [2.75, 3.05) is 0 Å². The van der Waals surface area contributed by atoms with Gasteiger partial charge in [0, 0.05) is 22.9 Å². The van der Waals surface area contributed by atoms with Crippen molar-refractivity contribution in [1.82, 2.24) is 10.4 Å². The monoisotopic (exact) mass is 439 g/mol. The van der Waals surface area contributed by atoms with Crippen LogP contribution >= 0.6 is 15.9 Å². The SMILES string of the molecule is O=C(/C=C/c1ccco1)Oc1ccc(/C=N/NC(=O)c2cncc(Br)c2)cc1. The lowest BCUT2D eigenvalue weighted by molar-refractivity contribution is -0.128. The van der Waals surface area contributed by atoms with Crippen LogP contribution in [-0.2, 0) is 4.79 Å². The van der Waals surface area contributed by atoms with Crippen LogP contribution in [0.4, 0.5) is 0 Å². The first-order valence-corrected chi connectivity index (χ1v) is 8.87. The number of carbonyl (C=O) groups excluding carboxylic acids is 2. The molecule has 0 atom stereocenters. The first-order valence-electron chi connectivity index (χ1n) is 8.07. The molecule has 0 radical (unpaired) electrons. The maximum absolute atomic E-state index is 12.0. The summed E-state index contributed by atoms with van der Waals surface area (Å²) in [5.74, 6) is 0.0475. The van der Waals surface area contributed by atoms with Gasteiger partial charge in [0.05, 0.1) is 18.0 Å². The molecule has 2 heterocycles. The molecule has 28 heavy (non-hydrogen) atoms. The Morgan fingerprint density at radius 1 is 1.18 bits per heavy atom. The Bertz CT molecular complexity index is 1010. The first kappa shape index (κ1) is 19.2. The highest BCUT2D eigenvalue weighted by Crippen LogP contribution is 2.12. The van der Waals surface area contributed by atoms with Gasteiger partial charge < -0.3 is 9.15 Å². The number of rotatable bonds is 6. The number of amides is 1. The molecule has 1 aromatic carbocycles. The Balaban J connectivity index is 1.51. The number of esters is 1. The van der Waals surface area contributed by atoms with E-state index in [0.29, 0.717) is 21.5 Å². The van der Waals surface area contributed by atoms with Gasteiger partial charge in [0.1, 0.15) is 11.5 Å². The topological polar surface area (TPSA) is 93.8 Å². The van der Waals surface area contributed by atoms with Crippen LogP contribution in [0, 0.1) is 0 Å². The Hall–Kier alpha value is -3.52. The fourth-order valence-corrected chi connectivity index (χ4v) is 2.44. The number of hydrazone groups is 1.